The summed E-state index contributed by atoms with van der Waals surface area (Å²) >= 11 is 1.80. The quantitative estimate of drug-likeness (QED) is 0.417. The highest BCUT2D eigenvalue weighted by Gasteiger charge is 2.15. The number of benzene rings is 2. The molecule has 0 unspecified atom stereocenters. The molecule has 3 aromatic rings. The van der Waals surface area contributed by atoms with Crippen molar-refractivity contribution in [1.82, 2.24) is 14.8 Å². The predicted molar refractivity (Wildman–Crippen MR) is 111 cm³/mol. The van der Waals surface area contributed by atoms with Gasteiger partial charge in [0.2, 0.25) is 0 Å². The minimum Gasteiger partial charge on any atom is -0.378 e. The van der Waals surface area contributed by atoms with Crippen molar-refractivity contribution in [2.24, 2.45) is 0 Å². The van der Waals surface area contributed by atoms with Crippen LogP contribution in [0.1, 0.15) is 25.3 Å². The van der Waals surface area contributed by atoms with Gasteiger partial charge in [0.25, 0.3) is 0 Å². The van der Waals surface area contributed by atoms with Gasteiger partial charge in [-0.2, -0.15) is 0 Å². The normalized spacial score (nSPS) is 10.9. The SMILES string of the molecule is CCCCSc1nnc(-c2ccc(N(C)C)cc2)n1Cc1ccccc1. The molecule has 0 fully saturated rings. The number of anilines is 1. The van der Waals surface area contributed by atoms with Gasteiger partial charge in [-0.1, -0.05) is 55.4 Å². The van der Waals surface area contributed by atoms with Gasteiger partial charge in [-0.05, 0) is 36.2 Å². The molecule has 3 rings (SSSR count). The topological polar surface area (TPSA) is 34.0 Å². The molecule has 0 aliphatic heterocycles. The second-order valence-electron chi connectivity index (χ2n) is 6.52. The van der Waals surface area contributed by atoms with E-state index in [1.54, 1.807) is 11.8 Å². The molecule has 0 aliphatic rings. The van der Waals surface area contributed by atoms with E-state index in [9.17, 15) is 0 Å². The third kappa shape index (κ3) is 4.47. The summed E-state index contributed by atoms with van der Waals surface area (Å²) in [6, 6.07) is 19.0. The third-order valence-electron chi connectivity index (χ3n) is 4.27. The molecule has 0 saturated heterocycles. The van der Waals surface area contributed by atoms with Gasteiger partial charge in [0.15, 0.2) is 11.0 Å². The first-order valence-electron chi connectivity index (χ1n) is 9.06. The number of thioether (sulfide) groups is 1. The van der Waals surface area contributed by atoms with Gasteiger partial charge >= 0.3 is 0 Å². The van der Waals surface area contributed by atoms with E-state index >= 15 is 0 Å². The first kappa shape index (κ1) is 18.5. The molecule has 0 aliphatic carbocycles. The van der Waals surface area contributed by atoms with Crippen molar-refractivity contribution < 1.29 is 0 Å². The Labute approximate surface area is 160 Å². The summed E-state index contributed by atoms with van der Waals surface area (Å²) in [4.78, 5) is 2.10. The lowest BCUT2D eigenvalue weighted by Crippen LogP contribution is -2.08. The fourth-order valence-electron chi connectivity index (χ4n) is 2.73. The number of aromatic nitrogens is 3. The summed E-state index contributed by atoms with van der Waals surface area (Å²) in [6.07, 6.45) is 2.38. The highest BCUT2D eigenvalue weighted by Crippen LogP contribution is 2.27. The van der Waals surface area contributed by atoms with Crippen molar-refractivity contribution in [2.75, 3.05) is 24.7 Å². The Kier molecular flexibility index (Phi) is 6.34. The van der Waals surface area contributed by atoms with E-state index in [0.717, 1.165) is 28.8 Å². The smallest absolute Gasteiger partial charge is 0.191 e. The average Bonchev–Trinajstić information content (AvgIpc) is 3.05. The zero-order valence-corrected chi connectivity index (χ0v) is 16.5. The molecule has 2 aromatic carbocycles. The van der Waals surface area contributed by atoms with E-state index in [0.29, 0.717) is 0 Å². The van der Waals surface area contributed by atoms with Crippen LogP contribution in [0.2, 0.25) is 0 Å². The molecular formula is C21H26N4S. The molecule has 0 atom stereocenters. The summed E-state index contributed by atoms with van der Waals surface area (Å²) in [7, 11) is 4.10. The van der Waals surface area contributed by atoms with Gasteiger partial charge in [-0.15, -0.1) is 10.2 Å². The van der Waals surface area contributed by atoms with Crippen molar-refractivity contribution >= 4 is 17.4 Å². The number of hydrogen-bond donors (Lipinski definition) is 0. The molecule has 0 bridgehead atoms. The second kappa shape index (κ2) is 8.90. The number of hydrogen-bond acceptors (Lipinski definition) is 4. The second-order valence-corrected chi connectivity index (χ2v) is 7.58. The lowest BCUT2D eigenvalue weighted by molar-refractivity contribution is 0.713. The van der Waals surface area contributed by atoms with Crippen molar-refractivity contribution in [1.29, 1.82) is 0 Å². The third-order valence-corrected chi connectivity index (χ3v) is 5.32. The van der Waals surface area contributed by atoms with Gasteiger partial charge < -0.3 is 4.90 Å². The van der Waals surface area contributed by atoms with Crippen LogP contribution in [0.25, 0.3) is 11.4 Å². The van der Waals surface area contributed by atoms with Crippen LogP contribution in [0.3, 0.4) is 0 Å². The minimum absolute atomic E-state index is 0.785. The number of nitrogens with zero attached hydrogens (tertiary/aromatic N) is 4. The molecular weight excluding hydrogens is 340 g/mol. The minimum atomic E-state index is 0.785. The monoisotopic (exact) mass is 366 g/mol. The summed E-state index contributed by atoms with van der Waals surface area (Å²) in [5.41, 5.74) is 3.54. The van der Waals surface area contributed by atoms with Crippen molar-refractivity contribution in [2.45, 2.75) is 31.5 Å². The maximum absolute atomic E-state index is 4.51. The van der Waals surface area contributed by atoms with Gasteiger partial charge in [0.05, 0.1) is 6.54 Å². The van der Waals surface area contributed by atoms with Gasteiger partial charge in [-0.25, -0.2) is 0 Å². The molecule has 136 valence electrons. The Balaban J connectivity index is 1.93. The zero-order chi connectivity index (χ0) is 18.4. The molecule has 5 heteroatoms. The average molecular weight is 367 g/mol. The van der Waals surface area contributed by atoms with Crippen LogP contribution in [-0.2, 0) is 6.54 Å². The molecule has 26 heavy (non-hydrogen) atoms. The van der Waals surface area contributed by atoms with Gasteiger partial charge in [0.1, 0.15) is 0 Å². The first-order chi connectivity index (χ1) is 12.7. The largest absolute Gasteiger partial charge is 0.378 e. The highest BCUT2D eigenvalue weighted by atomic mass is 32.2. The molecule has 4 nitrogen and oxygen atoms in total. The lowest BCUT2D eigenvalue weighted by Gasteiger charge is -2.13. The van der Waals surface area contributed by atoms with E-state index in [1.165, 1.54) is 24.1 Å². The molecule has 0 saturated carbocycles. The summed E-state index contributed by atoms with van der Waals surface area (Å²) in [5, 5.41) is 9.99. The Morgan fingerprint density at radius 3 is 2.35 bits per heavy atom. The fourth-order valence-corrected chi connectivity index (χ4v) is 3.76. The Morgan fingerprint density at radius 2 is 1.69 bits per heavy atom. The van der Waals surface area contributed by atoms with Gasteiger partial charge in [0, 0.05) is 31.1 Å². The van der Waals surface area contributed by atoms with Gasteiger partial charge in [-0.3, -0.25) is 4.57 Å². The number of rotatable bonds is 8. The Hall–Kier alpha value is -2.27. The van der Waals surface area contributed by atoms with Crippen LogP contribution < -0.4 is 4.90 Å². The molecule has 1 heterocycles. The van der Waals surface area contributed by atoms with Crippen LogP contribution >= 0.6 is 11.8 Å². The Morgan fingerprint density at radius 1 is 0.962 bits per heavy atom. The predicted octanol–water partition coefficient (Wildman–Crippen LogP) is 4.95. The molecule has 0 spiro atoms. The summed E-state index contributed by atoms with van der Waals surface area (Å²) in [6.45, 7) is 3.00. The summed E-state index contributed by atoms with van der Waals surface area (Å²) < 4.78 is 2.24. The lowest BCUT2D eigenvalue weighted by atomic mass is 10.1. The zero-order valence-electron chi connectivity index (χ0n) is 15.7. The molecule has 0 N–H and O–H groups in total. The maximum Gasteiger partial charge on any atom is 0.191 e. The fraction of sp³-hybridized carbons (Fsp3) is 0.333. The van der Waals surface area contributed by atoms with E-state index < -0.39 is 0 Å². The molecule has 1 aromatic heterocycles. The molecule has 0 amide bonds. The Bertz CT molecular complexity index is 810. The van der Waals surface area contributed by atoms with E-state index in [4.69, 9.17) is 0 Å². The maximum atomic E-state index is 4.51. The van der Waals surface area contributed by atoms with Crippen LogP contribution in [-0.4, -0.2) is 34.6 Å². The van der Waals surface area contributed by atoms with Crippen molar-refractivity contribution in [3.8, 4) is 11.4 Å². The standard InChI is InChI=1S/C21H26N4S/c1-4-5-15-26-21-23-22-20(18-11-13-19(14-12-18)24(2)3)25(21)16-17-9-7-6-8-10-17/h6-14H,4-5,15-16H2,1-3H3. The van der Waals surface area contributed by atoms with Crippen LogP contribution in [0.5, 0.6) is 0 Å². The van der Waals surface area contributed by atoms with Crippen molar-refractivity contribution in [3.05, 3.63) is 60.2 Å². The van der Waals surface area contributed by atoms with E-state index in [1.807, 2.05) is 6.07 Å². The molecule has 0 radical (unpaired) electrons. The van der Waals surface area contributed by atoms with Crippen LogP contribution in [0.15, 0.2) is 59.8 Å². The number of unbranched alkanes of at least 4 members (excludes halogenated alkanes) is 1. The first-order valence-corrected chi connectivity index (χ1v) is 10.0. The highest BCUT2D eigenvalue weighted by molar-refractivity contribution is 7.99. The van der Waals surface area contributed by atoms with Crippen molar-refractivity contribution in [3.63, 3.8) is 0 Å². The van der Waals surface area contributed by atoms with Crippen LogP contribution in [0, 0.1) is 0 Å². The summed E-state index contributed by atoms with van der Waals surface area (Å²) in [5.74, 6) is 2.00. The van der Waals surface area contributed by atoms with E-state index in [2.05, 4.69) is 89.2 Å². The van der Waals surface area contributed by atoms with Crippen LogP contribution in [0.4, 0.5) is 5.69 Å². The van der Waals surface area contributed by atoms with E-state index in [-0.39, 0.29) is 0 Å².